The molecule has 0 atom stereocenters. The standard InChI is InChI=1S/C15H19N3OS2/c16-14-13(10-6-3-7-11(10)21-14)15-17-12(18-19-15)8-20-9-4-1-2-5-9/h9H,1-8,16H2. The maximum Gasteiger partial charge on any atom is 0.261 e. The van der Waals surface area contributed by atoms with Crippen LogP contribution in [0.3, 0.4) is 0 Å². The molecule has 1 saturated carbocycles. The van der Waals surface area contributed by atoms with E-state index >= 15 is 0 Å². The van der Waals surface area contributed by atoms with Gasteiger partial charge in [-0.3, -0.25) is 0 Å². The van der Waals surface area contributed by atoms with Crippen molar-refractivity contribution in [2.45, 2.75) is 55.9 Å². The molecule has 6 heteroatoms. The Kier molecular flexibility index (Phi) is 3.67. The van der Waals surface area contributed by atoms with E-state index in [0.29, 0.717) is 5.89 Å². The van der Waals surface area contributed by atoms with Gasteiger partial charge in [-0.05, 0) is 37.7 Å². The van der Waals surface area contributed by atoms with Crippen LogP contribution in [-0.4, -0.2) is 15.4 Å². The van der Waals surface area contributed by atoms with E-state index < -0.39 is 0 Å². The number of nitrogens with two attached hydrogens (primary N) is 1. The summed E-state index contributed by atoms with van der Waals surface area (Å²) in [6, 6.07) is 0. The van der Waals surface area contributed by atoms with E-state index in [1.165, 1.54) is 42.5 Å². The van der Waals surface area contributed by atoms with Crippen molar-refractivity contribution < 1.29 is 4.52 Å². The fourth-order valence-electron chi connectivity index (χ4n) is 3.32. The maximum absolute atomic E-state index is 6.15. The van der Waals surface area contributed by atoms with Crippen LogP contribution in [0.15, 0.2) is 4.52 Å². The minimum Gasteiger partial charge on any atom is -0.390 e. The van der Waals surface area contributed by atoms with E-state index in [9.17, 15) is 0 Å². The molecule has 0 amide bonds. The van der Waals surface area contributed by atoms with E-state index in [0.717, 1.165) is 40.2 Å². The van der Waals surface area contributed by atoms with E-state index in [1.54, 1.807) is 11.3 Å². The summed E-state index contributed by atoms with van der Waals surface area (Å²) >= 11 is 3.65. The van der Waals surface area contributed by atoms with Gasteiger partial charge in [0, 0.05) is 10.1 Å². The largest absolute Gasteiger partial charge is 0.390 e. The lowest BCUT2D eigenvalue weighted by Gasteiger charge is -2.04. The monoisotopic (exact) mass is 321 g/mol. The van der Waals surface area contributed by atoms with Crippen LogP contribution in [0.1, 0.15) is 48.4 Å². The van der Waals surface area contributed by atoms with Crippen LogP contribution in [-0.2, 0) is 18.6 Å². The molecule has 4 rings (SSSR count). The van der Waals surface area contributed by atoms with Crippen LogP contribution >= 0.6 is 23.1 Å². The van der Waals surface area contributed by atoms with Gasteiger partial charge >= 0.3 is 0 Å². The Morgan fingerprint density at radius 3 is 2.95 bits per heavy atom. The average molecular weight is 321 g/mol. The van der Waals surface area contributed by atoms with Gasteiger partial charge < -0.3 is 10.3 Å². The molecular weight excluding hydrogens is 302 g/mol. The number of hydrogen-bond acceptors (Lipinski definition) is 6. The SMILES string of the molecule is Nc1sc2c(c1-c1nc(CSC3CCCC3)no1)CCC2. The summed E-state index contributed by atoms with van der Waals surface area (Å²) in [4.78, 5) is 5.99. The van der Waals surface area contributed by atoms with Gasteiger partial charge in [0.25, 0.3) is 5.89 Å². The third-order valence-corrected chi connectivity index (χ3v) is 6.87. The number of thiophene rings is 1. The quantitative estimate of drug-likeness (QED) is 0.920. The Morgan fingerprint density at radius 2 is 2.10 bits per heavy atom. The normalized spacial score (nSPS) is 18.5. The van der Waals surface area contributed by atoms with Gasteiger partial charge in [0.05, 0.1) is 16.3 Å². The highest BCUT2D eigenvalue weighted by Crippen LogP contribution is 2.42. The van der Waals surface area contributed by atoms with Gasteiger partial charge in [0.1, 0.15) is 0 Å². The van der Waals surface area contributed by atoms with Gasteiger partial charge in [0.15, 0.2) is 5.82 Å². The van der Waals surface area contributed by atoms with Crippen LogP contribution in [0.5, 0.6) is 0 Å². The highest BCUT2D eigenvalue weighted by molar-refractivity contribution is 7.99. The van der Waals surface area contributed by atoms with Crippen molar-refractivity contribution in [1.29, 1.82) is 0 Å². The number of rotatable bonds is 4. The zero-order valence-corrected chi connectivity index (χ0v) is 13.6. The van der Waals surface area contributed by atoms with Crippen LogP contribution < -0.4 is 5.73 Å². The van der Waals surface area contributed by atoms with Crippen molar-refractivity contribution in [3.8, 4) is 11.5 Å². The first-order valence-electron chi connectivity index (χ1n) is 7.66. The van der Waals surface area contributed by atoms with Crippen molar-refractivity contribution in [3.63, 3.8) is 0 Å². The Hall–Kier alpha value is -1.01. The number of nitrogens with zero attached hydrogens (tertiary/aromatic N) is 2. The first-order valence-corrected chi connectivity index (χ1v) is 9.52. The van der Waals surface area contributed by atoms with E-state index in [1.807, 2.05) is 11.8 Å². The summed E-state index contributed by atoms with van der Waals surface area (Å²) in [6.07, 6.45) is 8.85. The predicted molar refractivity (Wildman–Crippen MR) is 87.6 cm³/mol. The molecule has 0 saturated heterocycles. The maximum atomic E-state index is 6.15. The predicted octanol–water partition coefficient (Wildman–Crippen LogP) is 4.04. The summed E-state index contributed by atoms with van der Waals surface area (Å²) in [7, 11) is 0. The molecule has 2 aromatic heterocycles. The molecule has 0 radical (unpaired) electrons. The number of hydrogen-bond donors (Lipinski definition) is 1. The molecule has 0 bridgehead atoms. The topological polar surface area (TPSA) is 64.9 Å². The van der Waals surface area contributed by atoms with Crippen molar-refractivity contribution in [2.24, 2.45) is 0 Å². The Morgan fingerprint density at radius 1 is 1.24 bits per heavy atom. The summed E-state index contributed by atoms with van der Waals surface area (Å²) in [5.74, 6) is 2.27. The molecule has 21 heavy (non-hydrogen) atoms. The van der Waals surface area contributed by atoms with Crippen molar-refractivity contribution in [2.75, 3.05) is 5.73 Å². The third kappa shape index (κ3) is 2.59. The van der Waals surface area contributed by atoms with Gasteiger partial charge in [-0.25, -0.2) is 0 Å². The lowest BCUT2D eigenvalue weighted by atomic mass is 10.1. The number of thioether (sulfide) groups is 1. The second-order valence-corrected chi connectivity index (χ2v) is 8.26. The molecule has 112 valence electrons. The number of aryl methyl sites for hydroxylation is 1. The van der Waals surface area contributed by atoms with Gasteiger partial charge in [-0.1, -0.05) is 18.0 Å². The highest BCUT2D eigenvalue weighted by Gasteiger charge is 2.25. The molecule has 0 spiro atoms. The number of nitrogen functional groups attached to an aromatic ring is 1. The molecule has 2 heterocycles. The van der Waals surface area contributed by atoms with Crippen LogP contribution in [0.25, 0.3) is 11.5 Å². The molecule has 4 nitrogen and oxygen atoms in total. The molecule has 0 unspecified atom stereocenters. The molecule has 2 aliphatic rings. The minimum atomic E-state index is 0.619. The fraction of sp³-hybridized carbons (Fsp3) is 0.600. The lowest BCUT2D eigenvalue weighted by molar-refractivity contribution is 0.425. The molecule has 1 fully saturated rings. The smallest absolute Gasteiger partial charge is 0.261 e. The molecule has 0 aliphatic heterocycles. The lowest BCUT2D eigenvalue weighted by Crippen LogP contribution is -1.96. The van der Waals surface area contributed by atoms with Gasteiger partial charge in [-0.15, -0.1) is 11.3 Å². The Labute approximate surface area is 132 Å². The van der Waals surface area contributed by atoms with Crippen LogP contribution in [0.4, 0.5) is 5.00 Å². The van der Waals surface area contributed by atoms with Gasteiger partial charge in [-0.2, -0.15) is 16.7 Å². The molecule has 2 aliphatic carbocycles. The fourth-order valence-corrected chi connectivity index (χ4v) is 5.64. The molecule has 2 aromatic rings. The Bertz CT molecular complexity index is 643. The number of aromatic nitrogens is 2. The second-order valence-electron chi connectivity index (χ2n) is 5.83. The second kappa shape index (κ2) is 5.65. The van der Waals surface area contributed by atoms with Crippen LogP contribution in [0.2, 0.25) is 0 Å². The highest BCUT2D eigenvalue weighted by atomic mass is 32.2. The van der Waals surface area contributed by atoms with Crippen LogP contribution in [0, 0.1) is 0 Å². The van der Waals surface area contributed by atoms with Crippen molar-refractivity contribution >= 4 is 28.1 Å². The molecular formula is C15H19N3OS2. The zero-order valence-electron chi connectivity index (χ0n) is 11.9. The summed E-state index contributed by atoms with van der Waals surface area (Å²) in [5.41, 5.74) is 8.51. The zero-order chi connectivity index (χ0) is 14.2. The first kappa shape index (κ1) is 13.6. The van der Waals surface area contributed by atoms with Gasteiger partial charge in [0.2, 0.25) is 0 Å². The third-order valence-electron chi connectivity index (χ3n) is 4.38. The minimum absolute atomic E-state index is 0.619. The first-order chi connectivity index (χ1) is 10.3. The van der Waals surface area contributed by atoms with Crippen molar-refractivity contribution in [1.82, 2.24) is 10.1 Å². The summed E-state index contributed by atoms with van der Waals surface area (Å²) in [5, 5.41) is 5.75. The van der Waals surface area contributed by atoms with Crippen molar-refractivity contribution in [3.05, 3.63) is 16.3 Å². The number of anilines is 1. The van der Waals surface area contributed by atoms with E-state index in [4.69, 9.17) is 10.3 Å². The molecule has 2 N–H and O–H groups in total. The summed E-state index contributed by atoms with van der Waals surface area (Å²) < 4.78 is 5.48. The summed E-state index contributed by atoms with van der Waals surface area (Å²) in [6.45, 7) is 0. The molecule has 0 aromatic carbocycles. The number of fused-ring (bicyclic) bond motifs is 1. The average Bonchev–Trinajstić information content (AvgIpc) is 3.20. The van der Waals surface area contributed by atoms with E-state index in [2.05, 4.69) is 10.1 Å². The van der Waals surface area contributed by atoms with E-state index in [-0.39, 0.29) is 0 Å². The Balaban J connectivity index is 1.51.